The molecule has 3 heterocycles. The number of thiazole rings is 1. The topological polar surface area (TPSA) is 121 Å². The van der Waals surface area contributed by atoms with Crippen LogP contribution < -0.4 is 20.9 Å². The Labute approximate surface area is 218 Å². The molecular formula is C24H28ClN7O3S. The molecule has 2 amide bonds. The number of aromatic nitrogens is 3. The number of halogens is 1. The van der Waals surface area contributed by atoms with E-state index in [-0.39, 0.29) is 11.9 Å². The number of benzene rings is 1. The maximum Gasteiger partial charge on any atom is 0.407 e. The summed E-state index contributed by atoms with van der Waals surface area (Å²) in [5.74, 6) is 1.59. The lowest BCUT2D eigenvalue weighted by Crippen LogP contribution is -2.60. The van der Waals surface area contributed by atoms with Crippen LogP contribution in [0.15, 0.2) is 30.5 Å². The minimum Gasteiger partial charge on any atom is -0.444 e. The minimum absolute atomic E-state index is 0.0201. The molecule has 4 rings (SSSR count). The Morgan fingerprint density at radius 1 is 1.19 bits per heavy atom. The van der Waals surface area contributed by atoms with Crippen LogP contribution in [-0.2, 0) is 4.74 Å². The van der Waals surface area contributed by atoms with E-state index < -0.39 is 11.7 Å². The van der Waals surface area contributed by atoms with Crippen LogP contribution in [0.4, 0.5) is 27.2 Å². The fraction of sp³-hybridized carbons (Fsp3) is 0.375. The van der Waals surface area contributed by atoms with Gasteiger partial charge in [0.05, 0.1) is 22.9 Å². The molecule has 10 nitrogen and oxygen atoms in total. The molecule has 1 fully saturated rings. The zero-order chi connectivity index (χ0) is 26.0. The maximum absolute atomic E-state index is 12.7. The third kappa shape index (κ3) is 6.41. The fourth-order valence-electron chi connectivity index (χ4n) is 3.52. The van der Waals surface area contributed by atoms with Gasteiger partial charge in [-0.05, 0) is 46.2 Å². The van der Waals surface area contributed by atoms with Crippen molar-refractivity contribution in [3.63, 3.8) is 0 Å². The molecule has 1 aliphatic rings. The SMILES string of the molecule is Cc1nc(Nc2ncc(C(=O)Nc3c(C)cccc3Cl)s2)cc(N2CC(NC(=O)OC(C)(C)C)C2)n1. The molecule has 12 heteroatoms. The molecule has 3 N–H and O–H groups in total. The summed E-state index contributed by atoms with van der Waals surface area (Å²) < 4.78 is 5.31. The van der Waals surface area contributed by atoms with Crippen molar-refractivity contribution in [1.29, 1.82) is 0 Å². The Bertz CT molecular complexity index is 1260. The van der Waals surface area contributed by atoms with Gasteiger partial charge in [0.2, 0.25) is 0 Å². The van der Waals surface area contributed by atoms with E-state index in [0.717, 1.165) is 11.4 Å². The Hall–Kier alpha value is -3.44. The van der Waals surface area contributed by atoms with Crippen molar-refractivity contribution in [1.82, 2.24) is 20.3 Å². The van der Waals surface area contributed by atoms with Gasteiger partial charge >= 0.3 is 6.09 Å². The highest BCUT2D eigenvalue weighted by molar-refractivity contribution is 7.17. The van der Waals surface area contributed by atoms with E-state index in [1.165, 1.54) is 17.5 Å². The zero-order valence-electron chi connectivity index (χ0n) is 20.7. The van der Waals surface area contributed by atoms with Crippen LogP contribution >= 0.6 is 22.9 Å². The van der Waals surface area contributed by atoms with Crippen LogP contribution in [0.3, 0.4) is 0 Å². The lowest BCUT2D eigenvalue weighted by atomic mass is 10.1. The maximum atomic E-state index is 12.7. The van der Waals surface area contributed by atoms with E-state index in [1.54, 1.807) is 13.0 Å². The quantitative estimate of drug-likeness (QED) is 0.411. The lowest BCUT2D eigenvalue weighted by Gasteiger charge is -2.40. The van der Waals surface area contributed by atoms with Crippen molar-refractivity contribution in [2.24, 2.45) is 0 Å². The van der Waals surface area contributed by atoms with Crippen molar-refractivity contribution >= 4 is 57.4 Å². The minimum atomic E-state index is -0.540. The molecule has 2 aromatic heterocycles. The Balaban J connectivity index is 1.37. The number of amides is 2. The van der Waals surface area contributed by atoms with Crippen LogP contribution in [0.25, 0.3) is 0 Å². The van der Waals surface area contributed by atoms with E-state index in [4.69, 9.17) is 16.3 Å². The summed E-state index contributed by atoms with van der Waals surface area (Å²) in [4.78, 5) is 40.4. The van der Waals surface area contributed by atoms with Crippen LogP contribution in [0.2, 0.25) is 5.02 Å². The number of para-hydroxylation sites is 1. The van der Waals surface area contributed by atoms with Gasteiger partial charge in [-0.1, -0.05) is 35.1 Å². The average molecular weight is 530 g/mol. The average Bonchev–Trinajstić information content (AvgIpc) is 3.20. The van der Waals surface area contributed by atoms with Gasteiger partial charge in [-0.25, -0.2) is 19.7 Å². The first-order chi connectivity index (χ1) is 17.0. The number of ether oxygens (including phenoxy) is 1. The number of anilines is 4. The van der Waals surface area contributed by atoms with Crippen LogP contribution in [-0.4, -0.2) is 51.7 Å². The second kappa shape index (κ2) is 10.3. The van der Waals surface area contributed by atoms with Crippen LogP contribution in [0, 0.1) is 13.8 Å². The molecule has 3 aromatic rings. The fourth-order valence-corrected chi connectivity index (χ4v) is 4.51. The molecule has 0 unspecified atom stereocenters. The summed E-state index contributed by atoms with van der Waals surface area (Å²) in [6.45, 7) is 10.4. The summed E-state index contributed by atoms with van der Waals surface area (Å²) in [5, 5.41) is 9.86. The molecule has 1 saturated heterocycles. The predicted molar refractivity (Wildman–Crippen MR) is 142 cm³/mol. The molecular weight excluding hydrogens is 502 g/mol. The summed E-state index contributed by atoms with van der Waals surface area (Å²) in [6.07, 6.45) is 1.08. The van der Waals surface area contributed by atoms with Crippen molar-refractivity contribution in [3.8, 4) is 0 Å². The van der Waals surface area contributed by atoms with Gasteiger partial charge in [-0.2, -0.15) is 0 Å². The Morgan fingerprint density at radius 2 is 1.94 bits per heavy atom. The highest BCUT2D eigenvalue weighted by atomic mass is 35.5. The van der Waals surface area contributed by atoms with Crippen molar-refractivity contribution in [2.45, 2.75) is 46.3 Å². The Morgan fingerprint density at radius 3 is 2.64 bits per heavy atom. The van der Waals surface area contributed by atoms with E-state index >= 15 is 0 Å². The van der Waals surface area contributed by atoms with E-state index in [1.807, 2.05) is 50.8 Å². The second-order valence-electron chi connectivity index (χ2n) is 9.45. The number of hydrogen-bond donors (Lipinski definition) is 3. The first-order valence-corrected chi connectivity index (χ1v) is 12.6. The second-order valence-corrected chi connectivity index (χ2v) is 10.9. The first-order valence-electron chi connectivity index (χ1n) is 11.4. The molecule has 0 radical (unpaired) electrons. The summed E-state index contributed by atoms with van der Waals surface area (Å²) in [6, 6.07) is 7.23. The smallest absolute Gasteiger partial charge is 0.407 e. The van der Waals surface area contributed by atoms with E-state index in [2.05, 4.69) is 30.9 Å². The Kier molecular flexibility index (Phi) is 7.32. The van der Waals surface area contributed by atoms with Gasteiger partial charge in [0.15, 0.2) is 5.13 Å². The number of nitrogens with zero attached hydrogens (tertiary/aromatic N) is 4. The summed E-state index contributed by atoms with van der Waals surface area (Å²) in [5.41, 5.74) is 0.913. The molecule has 0 bridgehead atoms. The van der Waals surface area contributed by atoms with Crippen molar-refractivity contribution in [2.75, 3.05) is 28.6 Å². The zero-order valence-corrected chi connectivity index (χ0v) is 22.3. The van der Waals surface area contributed by atoms with Crippen molar-refractivity contribution < 1.29 is 14.3 Å². The molecule has 0 spiro atoms. The molecule has 36 heavy (non-hydrogen) atoms. The van der Waals surface area contributed by atoms with E-state index in [0.29, 0.717) is 45.5 Å². The number of aryl methyl sites for hydroxylation is 2. The summed E-state index contributed by atoms with van der Waals surface area (Å²) >= 11 is 7.43. The lowest BCUT2D eigenvalue weighted by molar-refractivity contribution is 0.0495. The number of carbonyl (C=O) groups is 2. The van der Waals surface area contributed by atoms with Gasteiger partial charge in [0.25, 0.3) is 5.91 Å². The van der Waals surface area contributed by atoms with Gasteiger partial charge in [0, 0.05) is 19.2 Å². The molecule has 190 valence electrons. The standard InChI is InChI=1S/C24H28ClN7O3S/c1-13-7-6-8-16(25)20(13)31-21(33)17-10-26-22(36-17)30-18-9-19(28-14(2)27-18)32-11-15(12-32)29-23(34)35-24(3,4)5/h6-10,15H,11-12H2,1-5H3,(H,29,34)(H,31,33)(H,26,27,28,30). The van der Waals surface area contributed by atoms with Gasteiger partial charge < -0.3 is 25.6 Å². The number of nitrogens with one attached hydrogen (secondary N) is 3. The number of alkyl carbamates (subject to hydrolysis) is 1. The molecule has 1 aliphatic heterocycles. The van der Waals surface area contributed by atoms with Crippen molar-refractivity contribution in [3.05, 3.63) is 51.7 Å². The van der Waals surface area contributed by atoms with Gasteiger partial charge in [-0.15, -0.1) is 0 Å². The predicted octanol–water partition coefficient (Wildman–Crippen LogP) is 4.91. The third-order valence-electron chi connectivity index (χ3n) is 5.18. The molecule has 1 aromatic carbocycles. The van der Waals surface area contributed by atoms with Gasteiger partial charge in [0.1, 0.15) is 27.9 Å². The monoisotopic (exact) mass is 529 g/mol. The summed E-state index contributed by atoms with van der Waals surface area (Å²) in [7, 11) is 0. The highest BCUT2D eigenvalue weighted by Crippen LogP contribution is 2.29. The van der Waals surface area contributed by atoms with Crippen LogP contribution in [0.5, 0.6) is 0 Å². The van der Waals surface area contributed by atoms with Gasteiger partial charge in [-0.3, -0.25) is 4.79 Å². The normalized spacial score (nSPS) is 13.7. The largest absolute Gasteiger partial charge is 0.444 e. The molecule has 0 saturated carbocycles. The first kappa shape index (κ1) is 25.6. The number of hydrogen-bond acceptors (Lipinski definition) is 9. The third-order valence-corrected chi connectivity index (χ3v) is 6.40. The number of rotatable bonds is 6. The number of carbonyl (C=O) groups excluding carboxylic acids is 2. The van der Waals surface area contributed by atoms with Crippen LogP contribution in [0.1, 0.15) is 41.8 Å². The van der Waals surface area contributed by atoms with E-state index in [9.17, 15) is 9.59 Å². The molecule has 0 aliphatic carbocycles. The highest BCUT2D eigenvalue weighted by Gasteiger charge is 2.31. The molecule has 0 atom stereocenters.